The van der Waals surface area contributed by atoms with E-state index in [9.17, 15) is 9.50 Å². The van der Waals surface area contributed by atoms with Crippen molar-refractivity contribution in [3.8, 4) is 5.75 Å². The molecule has 3 rings (SSSR count). The van der Waals surface area contributed by atoms with E-state index in [0.717, 1.165) is 21.0 Å². The first-order chi connectivity index (χ1) is 10.0. The van der Waals surface area contributed by atoms with Gasteiger partial charge in [-0.2, -0.15) is 0 Å². The minimum atomic E-state index is -0.243. The molecule has 106 valence electrons. The normalized spacial score (nSPS) is 11.0. The summed E-state index contributed by atoms with van der Waals surface area (Å²) in [5, 5.41) is 10.9. The Morgan fingerprint density at radius 2 is 1.71 bits per heavy atom. The molecule has 0 spiro atoms. The molecule has 1 aromatic heterocycles. The molecular formula is C16H10Br2FNO. The quantitative estimate of drug-likeness (QED) is 0.630. The van der Waals surface area contributed by atoms with Crippen molar-refractivity contribution in [2.75, 3.05) is 0 Å². The van der Waals surface area contributed by atoms with Crippen LogP contribution in [0, 0.1) is 5.82 Å². The second kappa shape index (κ2) is 5.73. The van der Waals surface area contributed by atoms with Crippen molar-refractivity contribution < 1.29 is 9.50 Å². The van der Waals surface area contributed by atoms with Crippen LogP contribution in [0.2, 0.25) is 0 Å². The van der Waals surface area contributed by atoms with Crippen molar-refractivity contribution in [1.29, 1.82) is 0 Å². The van der Waals surface area contributed by atoms with Gasteiger partial charge < -0.3 is 5.11 Å². The van der Waals surface area contributed by atoms with Crippen molar-refractivity contribution in [3.63, 3.8) is 0 Å². The van der Waals surface area contributed by atoms with Crippen molar-refractivity contribution in [3.05, 3.63) is 68.5 Å². The zero-order valence-electron chi connectivity index (χ0n) is 10.8. The lowest BCUT2D eigenvalue weighted by Crippen LogP contribution is -1.92. The first-order valence-corrected chi connectivity index (χ1v) is 7.83. The summed E-state index contributed by atoms with van der Waals surface area (Å²) in [7, 11) is 0. The van der Waals surface area contributed by atoms with E-state index in [1.165, 1.54) is 12.1 Å². The summed E-state index contributed by atoms with van der Waals surface area (Å²) in [5.41, 5.74) is 2.55. The van der Waals surface area contributed by atoms with Crippen LogP contribution >= 0.6 is 31.9 Å². The van der Waals surface area contributed by atoms with Gasteiger partial charge in [-0.1, -0.05) is 28.1 Å². The van der Waals surface area contributed by atoms with Gasteiger partial charge in [-0.05, 0) is 57.7 Å². The molecule has 0 aliphatic carbocycles. The Morgan fingerprint density at radius 3 is 2.43 bits per heavy atom. The summed E-state index contributed by atoms with van der Waals surface area (Å²) in [6.45, 7) is 0. The average Bonchev–Trinajstić information content (AvgIpc) is 2.47. The molecule has 0 unspecified atom stereocenters. The number of pyridine rings is 1. The number of rotatable bonds is 2. The maximum absolute atomic E-state index is 12.9. The van der Waals surface area contributed by atoms with Gasteiger partial charge in [0.25, 0.3) is 0 Å². The van der Waals surface area contributed by atoms with E-state index in [1.54, 1.807) is 24.4 Å². The van der Waals surface area contributed by atoms with Crippen LogP contribution in [-0.2, 0) is 6.42 Å². The number of halogens is 3. The Hall–Kier alpha value is -1.46. The van der Waals surface area contributed by atoms with Gasteiger partial charge in [-0.25, -0.2) is 4.39 Å². The van der Waals surface area contributed by atoms with Gasteiger partial charge in [0.15, 0.2) is 5.75 Å². The molecule has 0 bridgehead atoms. The van der Waals surface area contributed by atoms with Crippen LogP contribution in [0.5, 0.6) is 5.75 Å². The summed E-state index contributed by atoms with van der Waals surface area (Å²) < 4.78 is 14.4. The first-order valence-electron chi connectivity index (χ1n) is 6.24. The molecule has 0 aliphatic rings. The smallest absolute Gasteiger partial charge is 0.156 e. The van der Waals surface area contributed by atoms with E-state index in [-0.39, 0.29) is 11.6 Å². The van der Waals surface area contributed by atoms with E-state index < -0.39 is 0 Å². The lowest BCUT2D eigenvalue weighted by Gasteiger charge is -2.08. The van der Waals surface area contributed by atoms with E-state index in [0.29, 0.717) is 16.4 Å². The molecule has 0 amide bonds. The lowest BCUT2D eigenvalue weighted by molar-refractivity contribution is 0.477. The van der Waals surface area contributed by atoms with Gasteiger partial charge in [0.1, 0.15) is 11.3 Å². The van der Waals surface area contributed by atoms with Gasteiger partial charge in [-0.15, -0.1) is 0 Å². The molecule has 0 saturated heterocycles. The zero-order chi connectivity index (χ0) is 15.0. The maximum atomic E-state index is 12.9. The van der Waals surface area contributed by atoms with Crippen LogP contribution in [0.1, 0.15) is 11.1 Å². The van der Waals surface area contributed by atoms with Crippen molar-refractivity contribution in [2.45, 2.75) is 6.42 Å². The molecular weight excluding hydrogens is 401 g/mol. The minimum Gasteiger partial charge on any atom is -0.505 e. The summed E-state index contributed by atoms with van der Waals surface area (Å²) >= 11 is 6.77. The summed E-state index contributed by atoms with van der Waals surface area (Å²) in [6, 6.07) is 10.2. The minimum absolute atomic E-state index is 0.126. The van der Waals surface area contributed by atoms with Gasteiger partial charge in [0, 0.05) is 16.1 Å². The molecule has 21 heavy (non-hydrogen) atoms. The van der Waals surface area contributed by atoms with Crippen molar-refractivity contribution in [1.82, 2.24) is 4.98 Å². The zero-order valence-corrected chi connectivity index (χ0v) is 13.9. The number of aromatic hydroxyl groups is 1. The summed E-state index contributed by atoms with van der Waals surface area (Å²) in [4.78, 5) is 4.33. The summed E-state index contributed by atoms with van der Waals surface area (Å²) in [6.07, 6.45) is 2.39. The van der Waals surface area contributed by atoms with Crippen molar-refractivity contribution >= 4 is 42.8 Å². The largest absolute Gasteiger partial charge is 0.505 e. The fourth-order valence-electron chi connectivity index (χ4n) is 2.18. The topological polar surface area (TPSA) is 33.1 Å². The van der Waals surface area contributed by atoms with E-state index in [4.69, 9.17) is 0 Å². The SMILES string of the molecule is Oc1c(Br)cc(Br)c2cc(Cc3ccc(F)cc3)cnc12. The molecule has 0 saturated carbocycles. The highest BCUT2D eigenvalue weighted by atomic mass is 79.9. The van der Waals surface area contributed by atoms with Gasteiger partial charge in [-0.3, -0.25) is 4.98 Å². The predicted octanol–water partition coefficient (Wildman–Crippen LogP) is 5.20. The van der Waals surface area contributed by atoms with Crippen LogP contribution in [0.15, 0.2) is 51.5 Å². The van der Waals surface area contributed by atoms with Gasteiger partial charge in [0.2, 0.25) is 0 Å². The third kappa shape index (κ3) is 2.94. The number of phenolic OH excluding ortho intramolecular Hbond substituents is 1. The molecule has 0 atom stereocenters. The number of fused-ring (bicyclic) bond motifs is 1. The Labute approximate surface area is 137 Å². The van der Waals surface area contributed by atoms with Crippen LogP contribution in [-0.4, -0.2) is 10.1 Å². The Morgan fingerprint density at radius 1 is 1.00 bits per heavy atom. The second-order valence-electron chi connectivity index (χ2n) is 4.73. The van der Waals surface area contributed by atoms with Crippen LogP contribution < -0.4 is 0 Å². The summed E-state index contributed by atoms with van der Waals surface area (Å²) in [5.74, 6) is -0.116. The highest BCUT2D eigenvalue weighted by Gasteiger charge is 2.10. The number of hydrogen-bond donors (Lipinski definition) is 1. The molecule has 2 nitrogen and oxygen atoms in total. The molecule has 0 radical (unpaired) electrons. The highest BCUT2D eigenvalue weighted by Crippen LogP contribution is 2.36. The number of aromatic nitrogens is 1. The van der Waals surface area contributed by atoms with Crippen LogP contribution in [0.25, 0.3) is 10.9 Å². The van der Waals surface area contributed by atoms with Crippen LogP contribution in [0.4, 0.5) is 4.39 Å². The predicted molar refractivity (Wildman–Crippen MR) is 88.0 cm³/mol. The Kier molecular flexibility index (Phi) is 3.95. The molecule has 0 fully saturated rings. The van der Waals surface area contributed by atoms with E-state index in [1.807, 2.05) is 6.07 Å². The monoisotopic (exact) mass is 409 g/mol. The molecule has 1 N–H and O–H groups in total. The number of benzene rings is 2. The average molecular weight is 411 g/mol. The number of nitrogens with zero attached hydrogens (tertiary/aromatic N) is 1. The van der Waals surface area contributed by atoms with E-state index >= 15 is 0 Å². The molecule has 2 aromatic carbocycles. The van der Waals surface area contributed by atoms with E-state index in [2.05, 4.69) is 36.8 Å². The lowest BCUT2D eigenvalue weighted by atomic mass is 10.0. The molecule has 0 aliphatic heterocycles. The third-order valence-electron chi connectivity index (χ3n) is 3.23. The molecule has 3 aromatic rings. The molecule has 1 heterocycles. The fourth-order valence-corrected chi connectivity index (χ4v) is 3.44. The number of hydrogen-bond acceptors (Lipinski definition) is 2. The Balaban J connectivity index is 2.03. The van der Waals surface area contributed by atoms with Crippen LogP contribution in [0.3, 0.4) is 0 Å². The number of phenols is 1. The Bertz CT molecular complexity index is 819. The standard InChI is InChI=1S/C16H10Br2FNO/c17-13-7-14(18)16(21)15-12(13)6-10(8-20-15)5-9-1-3-11(19)4-2-9/h1-4,6-8,21H,5H2. The third-order valence-corrected chi connectivity index (χ3v) is 4.49. The maximum Gasteiger partial charge on any atom is 0.156 e. The van der Waals surface area contributed by atoms with Gasteiger partial charge in [0.05, 0.1) is 4.47 Å². The first kappa shape index (κ1) is 14.5. The molecule has 5 heteroatoms. The van der Waals surface area contributed by atoms with Gasteiger partial charge >= 0.3 is 0 Å². The van der Waals surface area contributed by atoms with Crippen molar-refractivity contribution in [2.24, 2.45) is 0 Å². The second-order valence-corrected chi connectivity index (χ2v) is 6.44. The highest BCUT2D eigenvalue weighted by molar-refractivity contribution is 9.11. The fraction of sp³-hybridized carbons (Fsp3) is 0.0625.